The van der Waals surface area contributed by atoms with Crippen molar-refractivity contribution in [2.45, 2.75) is 63.8 Å². The second-order valence-electron chi connectivity index (χ2n) is 8.23. The van der Waals surface area contributed by atoms with Crippen molar-refractivity contribution in [2.24, 2.45) is 5.41 Å². The molecular formula is C21H28F4N2O2. The van der Waals surface area contributed by atoms with Crippen LogP contribution in [0.3, 0.4) is 0 Å². The minimum absolute atomic E-state index is 0.104. The predicted molar refractivity (Wildman–Crippen MR) is 101 cm³/mol. The number of halogens is 4. The van der Waals surface area contributed by atoms with Crippen LogP contribution in [0.5, 0.6) is 0 Å². The lowest BCUT2D eigenvalue weighted by Crippen LogP contribution is -2.58. The average Bonchev–Trinajstić information content (AvgIpc) is 2.65. The molecule has 1 aliphatic carbocycles. The molecule has 8 heteroatoms. The number of amides is 1. The summed E-state index contributed by atoms with van der Waals surface area (Å²) in [6.07, 6.45) is -0.547. The molecule has 162 valence electrons. The Balaban J connectivity index is 1.58. The van der Waals surface area contributed by atoms with Gasteiger partial charge in [0.2, 0.25) is 5.91 Å². The van der Waals surface area contributed by atoms with E-state index in [0.29, 0.717) is 24.6 Å². The highest BCUT2D eigenvalue weighted by Gasteiger charge is 2.50. The van der Waals surface area contributed by atoms with Gasteiger partial charge in [-0.05, 0) is 62.9 Å². The maximum absolute atomic E-state index is 13.5. The molecule has 1 aliphatic heterocycles. The Morgan fingerprint density at radius 3 is 2.45 bits per heavy atom. The molecule has 3 rings (SSSR count). The zero-order chi connectivity index (χ0) is 21.2. The van der Waals surface area contributed by atoms with Gasteiger partial charge in [-0.1, -0.05) is 6.92 Å². The first-order valence-electron chi connectivity index (χ1n) is 10.1. The highest BCUT2D eigenvalue weighted by atomic mass is 19.4. The fourth-order valence-electron chi connectivity index (χ4n) is 4.44. The molecule has 1 aromatic carbocycles. The molecular weight excluding hydrogens is 388 g/mol. The van der Waals surface area contributed by atoms with Crippen LogP contribution in [-0.4, -0.2) is 43.2 Å². The summed E-state index contributed by atoms with van der Waals surface area (Å²) in [6.45, 7) is 3.35. The van der Waals surface area contributed by atoms with E-state index in [9.17, 15) is 22.4 Å². The number of carbonyl (C=O) groups is 1. The first kappa shape index (κ1) is 22.0. The first-order valence-corrected chi connectivity index (χ1v) is 10.1. The minimum Gasteiger partial charge on any atom is -0.381 e. The van der Waals surface area contributed by atoms with Gasteiger partial charge in [0.1, 0.15) is 5.82 Å². The van der Waals surface area contributed by atoms with Gasteiger partial charge in [0.15, 0.2) is 0 Å². The van der Waals surface area contributed by atoms with Gasteiger partial charge < -0.3 is 15.0 Å². The number of ether oxygens (including phenoxy) is 1. The van der Waals surface area contributed by atoms with Crippen LogP contribution in [0.15, 0.2) is 18.2 Å². The van der Waals surface area contributed by atoms with Crippen molar-refractivity contribution in [3.05, 3.63) is 35.1 Å². The Labute approximate surface area is 168 Å². The second-order valence-corrected chi connectivity index (χ2v) is 8.23. The molecule has 1 heterocycles. The Hall–Kier alpha value is -1.67. The molecule has 1 aromatic rings. The van der Waals surface area contributed by atoms with Crippen molar-refractivity contribution in [1.29, 1.82) is 0 Å². The van der Waals surface area contributed by atoms with Crippen LogP contribution in [0.1, 0.15) is 50.2 Å². The third-order valence-corrected chi connectivity index (χ3v) is 6.49. The fourth-order valence-corrected chi connectivity index (χ4v) is 4.44. The number of hydrogen-bond acceptors (Lipinski definition) is 3. The fraction of sp³-hybridized carbons (Fsp3) is 0.667. The molecule has 1 saturated carbocycles. The minimum atomic E-state index is -4.62. The Morgan fingerprint density at radius 1 is 1.21 bits per heavy atom. The van der Waals surface area contributed by atoms with Crippen LogP contribution in [0.4, 0.5) is 17.6 Å². The summed E-state index contributed by atoms with van der Waals surface area (Å²) in [5.74, 6) is -1.13. The van der Waals surface area contributed by atoms with Crippen LogP contribution < -0.4 is 5.32 Å². The highest BCUT2D eigenvalue weighted by molar-refractivity contribution is 5.83. The third-order valence-electron chi connectivity index (χ3n) is 6.49. The number of nitrogens with zero attached hydrogens (tertiary/aromatic N) is 1. The van der Waals surface area contributed by atoms with E-state index < -0.39 is 23.0 Å². The van der Waals surface area contributed by atoms with Gasteiger partial charge in [-0.25, -0.2) is 4.39 Å². The van der Waals surface area contributed by atoms with E-state index in [0.717, 1.165) is 51.0 Å². The largest absolute Gasteiger partial charge is 0.416 e. The van der Waals surface area contributed by atoms with E-state index in [1.807, 2.05) is 6.92 Å². The molecule has 2 fully saturated rings. The number of alkyl halides is 3. The van der Waals surface area contributed by atoms with E-state index in [-0.39, 0.29) is 18.0 Å². The van der Waals surface area contributed by atoms with Crippen molar-refractivity contribution in [2.75, 3.05) is 20.3 Å². The Morgan fingerprint density at radius 2 is 1.86 bits per heavy atom. The monoisotopic (exact) mass is 416 g/mol. The second kappa shape index (κ2) is 8.60. The van der Waals surface area contributed by atoms with Crippen LogP contribution >= 0.6 is 0 Å². The zero-order valence-corrected chi connectivity index (χ0v) is 16.8. The normalized spacial score (nSPS) is 25.7. The molecule has 1 saturated heterocycles. The summed E-state index contributed by atoms with van der Waals surface area (Å²) in [4.78, 5) is 15.1. The SMILES string of the molecule is CCC1(C(=O)NCc2cc(F)cc(C(F)(F)F)c2)CC(N(C)C2CCOCC2)C1. The highest BCUT2D eigenvalue weighted by Crippen LogP contribution is 2.47. The predicted octanol–water partition coefficient (Wildman–Crippen LogP) is 4.13. The van der Waals surface area contributed by atoms with E-state index >= 15 is 0 Å². The number of nitrogens with one attached hydrogen (secondary N) is 1. The van der Waals surface area contributed by atoms with Gasteiger partial charge in [-0.2, -0.15) is 13.2 Å². The molecule has 0 unspecified atom stereocenters. The van der Waals surface area contributed by atoms with Crippen molar-refractivity contribution >= 4 is 5.91 Å². The summed E-state index contributed by atoms with van der Waals surface area (Å²) in [6, 6.07) is 3.14. The van der Waals surface area contributed by atoms with Gasteiger partial charge in [0, 0.05) is 31.8 Å². The summed E-state index contributed by atoms with van der Waals surface area (Å²) < 4.78 is 57.5. The summed E-state index contributed by atoms with van der Waals surface area (Å²) >= 11 is 0. The van der Waals surface area contributed by atoms with Crippen molar-refractivity contribution in [1.82, 2.24) is 10.2 Å². The molecule has 1 amide bonds. The van der Waals surface area contributed by atoms with E-state index in [1.54, 1.807) is 0 Å². The van der Waals surface area contributed by atoms with Gasteiger partial charge in [-0.15, -0.1) is 0 Å². The lowest BCUT2D eigenvalue weighted by molar-refractivity contribution is -0.142. The molecule has 2 aliphatic rings. The maximum Gasteiger partial charge on any atom is 0.416 e. The molecule has 29 heavy (non-hydrogen) atoms. The van der Waals surface area contributed by atoms with Gasteiger partial charge in [0.05, 0.1) is 11.0 Å². The average molecular weight is 416 g/mol. The topological polar surface area (TPSA) is 41.6 Å². The summed E-state index contributed by atoms with van der Waals surface area (Å²) in [5, 5.41) is 2.73. The first-order chi connectivity index (χ1) is 13.6. The number of benzene rings is 1. The van der Waals surface area contributed by atoms with Gasteiger partial charge in [-0.3, -0.25) is 4.79 Å². The zero-order valence-electron chi connectivity index (χ0n) is 16.8. The summed E-state index contributed by atoms with van der Waals surface area (Å²) in [7, 11) is 2.09. The lowest BCUT2D eigenvalue weighted by Gasteiger charge is -2.51. The molecule has 0 aromatic heterocycles. The van der Waals surface area contributed by atoms with E-state index in [1.165, 1.54) is 0 Å². The smallest absolute Gasteiger partial charge is 0.381 e. The van der Waals surface area contributed by atoms with Crippen LogP contribution in [-0.2, 0) is 22.3 Å². The molecule has 0 atom stereocenters. The number of rotatable bonds is 6. The molecule has 1 N–H and O–H groups in total. The van der Waals surface area contributed by atoms with Crippen molar-refractivity contribution in [3.63, 3.8) is 0 Å². The van der Waals surface area contributed by atoms with Gasteiger partial charge in [0.25, 0.3) is 0 Å². The van der Waals surface area contributed by atoms with Crippen molar-refractivity contribution in [3.8, 4) is 0 Å². The number of carbonyl (C=O) groups excluding carboxylic acids is 1. The molecule has 0 spiro atoms. The van der Waals surface area contributed by atoms with Crippen LogP contribution in [0, 0.1) is 11.2 Å². The Kier molecular flexibility index (Phi) is 6.53. The molecule has 0 bridgehead atoms. The van der Waals surface area contributed by atoms with Crippen LogP contribution in [0.25, 0.3) is 0 Å². The van der Waals surface area contributed by atoms with Gasteiger partial charge >= 0.3 is 6.18 Å². The standard InChI is InChI=1S/C21H28F4N2O2/c1-3-20(11-18(12-20)27(2)17-4-6-29-7-5-17)19(28)26-13-14-8-15(21(23,24)25)10-16(22)9-14/h8-10,17-18H,3-7,11-13H2,1-2H3,(H,26,28). The van der Waals surface area contributed by atoms with E-state index in [2.05, 4.69) is 17.3 Å². The molecule has 4 nitrogen and oxygen atoms in total. The quantitative estimate of drug-likeness (QED) is 0.709. The maximum atomic E-state index is 13.5. The Bertz CT molecular complexity index is 726. The third kappa shape index (κ3) is 4.91. The molecule has 0 radical (unpaired) electrons. The van der Waals surface area contributed by atoms with Crippen LogP contribution in [0.2, 0.25) is 0 Å². The number of hydrogen-bond donors (Lipinski definition) is 1. The van der Waals surface area contributed by atoms with Crippen molar-refractivity contribution < 1.29 is 27.1 Å². The van der Waals surface area contributed by atoms with E-state index in [4.69, 9.17) is 4.74 Å². The lowest BCUT2D eigenvalue weighted by atomic mass is 9.62. The summed E-state index contributed by atoms with van der Waals surface area (Å²) in [5.41, 5.74) is -1.45.